The van der Waals surface area contributed by atoms with Gasteiger partial charge in [-0.25, -0.2) is 0 Å². The average molecular weight is 272 g/mol. The molecular weight excluding hydrogens is 248 g/mol. The average Bonchev–Trinajstić information content (AvgIpc) is 2.90. The fourth-order valence-corrected chi connectivity index (χ4v) is 3.74. The van der Waals surface area contributed by atoms with Crippen LogP contribution in [0.25, 0.3) is 0 Å². The van der Waals surface area contributed by atoms with E-state index in [0.717, 1.165) is 38.5 Å². The Hall–Kier alpha value is -1.35. The molecule has 0 radical (unpaired) electrons. The minimum atomic E-state index is 0.188. The molecule has 0 saturated heterocycles. The number of benzene rings is 1. The number of rotatable bonds is 2. The Morgan fingerprint density at radius 2 is 1.85 bits per heavy atom. The third-order valence-corrected chi connectivity index (χ3v) is 5.04. The first-order chi connectivity index (χ1) is 9.66. The van der Waals surface area contributed by atoms with E-state index in [1.807, 2.05) is 11.9 Å². The first-order valence-electron chi connectivity index (χ1n) is 7.77. The number of aryl methyl sites for hydroxylation is 1. The Kier molecular flexibility index (Phi) is 3.79. The molecule has 1 unspecified atom stereocenters. The topological polar surface area (TPSA) is 46.3 Å². The van der Waals surface area contributed by atoms with E-state index in [0.29, 0.717) is 11.9 Å². The second-order valence-corrected chi connectivity index (χ2v) is 6.31. The van der Waals surface area contributed by atoms with Gasteiger partial charge in [-0.05, 0) is 49.7 Å². The van der Waals surface area contributed by atoms with Crippen LogP contribution in [0.15, 0.2) is 24.3 Å². The SMILES string of the molecule is CN(C(=O)C1CCC(N)CC1)C1CCc2ccccc21. The van der Waals surface area contributed by atoms with Crippen LogP contribution in [0.4, 0.5) is 0 Å². The minimum Gasteiger partial charge on any atom is -0.338 e. The zero-order chi connectivity index (χ0) is 14.1. The van der Waals surface area contributed by atoms with Gasteiger partial charge >= 0.3 is 0 Å². The summed E-state index contributed by atoms with van der Waals surface area (Å²) >= 11 is 0. The summed E-state index contributed by atoms with van der Waals surface area (Å²) in [6.45, 7) is 0. The second-order valence-electron chi connectivity index (χ2n) is 6.31. The van der Waals surface area contributed by atoms with Crippen molar-refractivity contribution in [3.05, 3.63) is 35.4 Å². The van der Waals surface area contributed by atoms with Crippen LogP contribution in [0.5, 0.6) is 0 Å². The maximum Gasteiger partial charge on any atom is 0.225 e. The van der Waals surface area contributed by atoms with Crippen LogP contribution >= 0.6 is 0 Å². The van der Waals surface area contributed by atoms with E-state index in [4.69, 9.17) is 5.73 Å². The number of amides is 1. The van der Waals surface area contributed by atoms with Crippen molar-refractivity contribution in [1.29, 1.82) is 0 Å². The number of hydrogen-bond acceptors (Lipinski definition) is 2. The monoisotopic (exact) mass is 272 g/mol. The molecule has 108 valence electrons. The molecule has 2 aliphatic carbocycles. The first kappa shape index (κ1) is 13.6. The van der Waals surface area contributed by atoms with Crippen molar-refractivity contribution in [1.82, 2.24) is 4.90 Å². The van der Waals surface area contributed by atoms with Crippen LogP contribution in [0.3, 0.4) is 0 Å². The summed E-state index contributed by atoms with van der Waals surface area (Å²) in [6.07, 6.45) is 6.05. The molecule has 0 aromatic heterocycles. The van der Waals surface area contributed by atoms with E-state index >= 15 is 0 Å². The van der Waals surface area contributed by atoms with Crippen molar-refractivity contribution in [2.45, 2.75) is 50.6 Å². The van der Waals surface area contributed by atoms with Crippen molar-refractivity contribution in [2.75, 3.05) is 7.05 Å². The summed E-state index contributed by atoms with van der Waals surface area (Å²) in [5.74, 6) is 0.506. The van der Waals surface area contributed by atoms with Gasteiger partial charge in [0.05, 0.1) is 6.04 Å². The van der Waals surface area contributed by atoms with E-state index in [2.05, 4.69) is 24.3 Å². The lowest BCUT2D eigenvalue weighted by molar-refractivity contribution is -0.137. The van der Waals surface area contributed by atoms with Gasteiger partial charge in [-0.1, -0.05) is 24.3 Å². The van der Waals surface area contributed by atoms with Crippen LogP contribution in [0, 0.1) is 5.92 Å². The molecule has 3 nitrogen and oxygen atoms in total. The van der Waals surface area contributed by atoms with Gasteiger partial charge in [0, 0.05) is 19.0 Å². The highest BCUT2D eigenvalue weighted by molar-refractivity contribution is 5.79. The lowest BCUT2D eigenvalue weighted by Gasteiger charge is -2.32. The van der Waals surface area contributed by atoms with E-state index in [9.17, 15) is 4.79 Å². The van der Waals surface area contributed by atoms with Crippen LogP contribution in [-0.2, 0) is 11.2 Å². The van der Waals surface area contributed by atoms with Gasteiger partial charge in [-0.2, -0.15) is 0 Å². The van der Waals surface area contributed by atoms with Crippen LogP contribution in [0.1, 0.15) is 49.3 Å². The summed E-state index contributed by atoms with van der Waals surface area (Å²) in [7, 11) is 1.98. The normalized spacial score (nSPS) is 29.0. The molecule has 1 aromatic carbocycles. The molecule has 3 rings (SSSR count). The number of nitrogens with zero attached hydrogens (tertiary/aromatic N) is 1. The maximum atomic E-state index is 12.7. The Morgan fingerprint density at radius 3 is 2.60 bits per heavy atom. The highest BCUT2D eigenvalue weighted by Gasteiger charge is 2.33. The lowest BCUT2D eigenvalue weighted by atomic mass is 9.85. The molecule has 0 spiro atoms. The fourth-order valence-electron chi connectivity index (χ4n) is 3.74. The van der Waals surface area contributed by atoms with E-state index in [1.54, 1.807) is 0 Å². The van der Waals surface area contributed by atoms with Crippen molar-refractivity contribution < 1.29 is 4.79 Å². The minimum absolute atomic E-state index is 0.188. The Labute approximate surface area is 121 Å². The van der Waals surface area contributed by atoms with Gasteiger partial charge in [0.2, 0.25) is 5.91 Å². The highest BCUT2D eigenvalue weighted by Crippen LogP contribution is 2.36. The fraction of sp³-hybridized carbons (Fsp3) is 0.588. The van der Waals surface area contributed by atoms with Crippen molar-refractivity contribution in [3.8, 4) is 0 Å². The summed E-state index contributed by atoms with van der Waals surface area (Å²) in [5.41, 5.74) is 8.68. The van der Waals surface area contributed by atoms with Crippen LogP contribution < -0.4 is 5.73 Å². The standard InChI is InChI=1S/C17H24N2O/c1-19(17(20)13-6-9-14(18)10-7-13)16-11-8-12-4-2-3-5-15(12)16/h2-5,13-14,16H,6-11,18H2,1H3. The quantitative estimate of drug-likeness (QED) is 0.899. The molecule has 0 aliphatic heterocycles. The predicted octanol–water partition coefficient (Wildman–Crippen LogP) is 2.65. The summed E-state index contributed by atoms with van der Waals surface area (Å²) in [5, 5.41) is 0. The third kappa shape index (κ3) is 2.47. The smallest absolute Gasteiger partial charge is 0.225 e. The molecule has 20 heavy (non-hydrogen) atoms. The molecule has 2 aliphatic rings. The number of fused-ring (bicyclic) bond motifs is 1. The van der Waals surface area contributed by atoms with Crippen molar-refractivity contribution in [3.63, 3.8) is 0 Å². The highest BCUT2D eigenvalue weighted by atomic mass is 16.2. The van der Waals surface area contributed by atoms with Gasteiger partial charge in [-0.3, -0.25) is 4.79 Å². The largest absolute Gasteiger partial charge is 0.338 e. The lowest BCUT2D eigenvalue weighted by Crippen LogP contribution is -2.38. The Bertz CT molecular complexity index is 492. The van der Waals surface area contributed by atoms with Gasteiger partial charge in [0.25, 0.3) is 0 Å². The third-order valence-electron chi connectivity index (χ3n) is 5.04. The molecule has 1 fully saturated rings. The van der Waals surface area contributed by atoms with Gasteiger partial charge in [0.1, 0.15) is 0 Å². The van der Waals surface area contributed by atoms with Crippen molar-refractivity contribution >= 4 is 5.91 Å². The molecule has 1 aromatic rings. The number of carbonyl (C=O) groups excluding carboxylic acids is 1. The van der Waals surface area contributed by atoms with Crippen LogP contribution in [-0.4, -0.2) is 23.9 Å². The van der Waals surface area contributed by atoms with E-state index < -0.39 is 0 Å². The van der Waals surface area contributed by atoms with Gasteiger partial charge < -0.3 is 10.6 Å². The Morgan fingerprint density at radius 1 is 1.15 bits per heavy atom. The second kappa shape index (κ2) is 5.57. The molecule has 0 heterocycles. The molecule has 2 N–H and O–H groups in total. The van der Waals surface area contributed by atoms with Gasteiger partial charge in [-0.15, -0.1) is 0 Å². The molecule has 1 amide bonds. The van der Waals surface area contributed by atoms with E-state index in [1.165, 1.54) is 11.1 Å². The summed E-state index contributed by atoms with van der Waals surface area (Å²) in [6, 6.07) is 9.10. The van der Waals surface area contributed by atoms with E-state index in [-0.39, 0.29) is 12.0 Å². The first-order valence-corrected chi connectivity index (χ1v) is 7.77. The van der Waals surface area contributed by atoms with Gasteiger partial charge in [0.15, 0.2) is 0 Å². The summed E-state index contributed by atoms with van der Waals surface area (Å²) < 4.78 is 0. The molecule has 1 saturated carbocycles. The zero-order valence-corrected chi connectivity index (χ0v) is 12.2. The molecule has 1 atom stereocenters. The Balaban J connectivity index is 1.70. The summed E-state index contributed by atoms with van der Waals surface area (Å²) in [4.78, 5) is 14.7. The van der Waals surface area contributed by atoms with Crippen LogP contribution in [0.2, 0.25) is 0 Å². The number of nitrogens with two attached hydrogens (primary N) is 1. The molecule has 0 bridgehead atoms. The predicted molar refractivity (Wildman–Crippen MR) is 80.2 cm³/mol. The zero-order valence-electron chi connectivity index (χ0n) is 12.2. The molecule has 3 heteroatoms. The number of hydrogen-bond donors (Lipinski definition) is 1. The number of carbonyl (C=O) groups is 1. The molecular formula is C17H24N2O. The maximum absolute atomic E-state index is 12.7. The van der Waals surface area contributed by atoms with Crippen molar-refractivity contribution in [2.24, 2.45) is 11.7 Å².